The summed E-state index contributed by atoms with van der Waals surface area (Å²) in [4.78, 5) is 51.9. The second-order valence-corrected chi connectivity index (χ2v) is 7.34. The van der Waals surface area contributed by atoms with Crippen molar-refractivity contribution >= 4 is 29.4 Å². The third-order valence-electron chi connectivity index (χ3n) is 5.76. The molecule has 2 aliphatic heterocycles. The number of anilines is 1. The Labute approximate surface area is 157 Å². The van der Waals surface area contributed by atoms with Crippen LogP contribution in [-0.2, 0) is 30.3 Å². The Kier molecular flexibility index (Phi) is 4.68. The molecule has 2 heterocycles. The van der Waals surface area contributed by atoms with Crippen molar-refractivity contribution in [3.63, 3.8) is 0 Å². The predicted octanol–water partition coefficient (Wildman–Crippen LogP) is 1.29. The van der Waals surface area contributed by atoms with Gasteiger partial charge in [0, 0.05) is 12.2 Å². The first-order valence-electron chi connectivity index (χ1n) is 9.45. The second kappa shape index (κ2) is 7.13. The molecule has 0 aromatic heterocycles. The first-order valence-corrected chi connectivity index (χ1v) is 9.45. The second-order valence-electron chi connectivity index (χ2n) is 7.34. The van der Waals surface area contributed by atoms with Crippen LogP contribution in [0.4, 0.5) is 5.69 Å². The standard InChI is InChI=1S/C20H22N2O5/c23-17(21-10-9-13-5-1-4-8-16(13)21)12-27-18(24)11-22-19(25)14-6-2-3-7-15(14)20(22)26/h1,4-5,8,14-15H,2-3,6-7,9-12H2/t14-,15-/m1/s1. The highest BCUT2D eigenvalue weighted by atomic mass is 16.5. The van der Waals surface area contributed by atoms with E-state index in [1.807, 2.05) is 24.3 Å². The topological polar surface area (TPSA) is 84.0 Å². The fourth-order valence-corrected chi connectivity index (χ4v) is 4.38. The number of carbonyl (C=O) groups is 4. The Morgan fingerprint density at radius 3 is 2.41 bits per heavy atom. The number of amides is 3. The summed E-state index contributed by atoms with van der Waals surface area (Å²) < 4.78 is 5.07. The van der Waals surface area contributed by atoms with Crippen LogP contribution >= 0.6 is 0 Å². The van der Waals surface area contributed by atoms with Crippen molar-refractivity contribution in [1.29, 1.82) is 0 Å². The van der Waals surface area contributed by atoms with E-state index in [1.54, 1.807) is 4.90 Å². The van der Waals surface area contributed by atoms with Gasteiger partial charge in [-0.3, -0.25) is 24.1 Å². The molecule has 2 atom stereocenters. The molecule has 0 radical (unpaired) electrons. The SMILES string of the molecule is O=C(CN1C(=O)[C@@H]2CCCC[C@H]2C1=O)OCC(=O)N1CCc2ccccc21. The summed E-state index contributed by atoms with van der Waals surface area (Å²) in [6, 6.07) is 7.62. The van der Waals surface area contributed by atoms with Gasteiger partial charge in [-0.15, -0.1) is 0 Å². The Morgan fingerprint density at radius 1 is 1.04 bits per heavy atom. The van der Waals surface area contributed by atoms with Crippen molar-refractivity contribution in [1.82, 2.24) is 4.90 Å². The predicted molar refractivity (Wildman–Crippen MR) is 95.6 cm³/mol. The Balaban J connectivity index is 1.32. The van der Waals surface area contributed by atoms with Crippen LogP contribution < -0.4 is 4.90 Å². The van der Waals surface area contributed by atoms with E-state index in [0.29, 0.717) is 19.4 Å². The van der Waals surface area contributed by atoms with Crippen LogP contribution in [-0.4, -0.2) is 48.3 Å². The molecular weight excluding hydrogens is 348 g/mol. The van der Waals surface area contributed by atoms with Crippen LogP contribution in [0.25, 0.3) is 0 Å². The molecule has 7 heteroatoms. The summed E-state index contributed by atoms with van der Waals surface area (Å²) >= 11 is 0. The molecule has 2 fully saturated rings. The first kappa shape index (κ1) is 17.7. The fourth-order valence-electron chi connectivity index (χ4n) is 4.38. The van der Waals surface area contributed by atoms with E-state index in [0.717, 1.165) is 35.4 Å². The summed E-state index contributed by atoms with van der Waals surface area (Å²) in [5, 5.41) is 0. The molecule has 1 saturated heterocycles. The van der Waals surface area contributed by atoms with E-state index in [-0.39, 0.29) is 29.6 Å². The van der Waals surface area contributed by atoms with Gasteiger partial charge >= 0.3 is 5.97 Å². The van der Waals surface area contributed by atoms with Gasteiger partial charge in [0.2, 0.25) is 11.8 Å². The summed E-state index contributed by atoms with van der Waals surface area (Å²) in [7, 11) is 0. The van der Waals surface area contributed by atoms with Crippen molar-refractivity contribution in [2.75, 3.05) is 24.6 Å². The number of esters is 1. The number of imide groups is 1. The third kappa shape index (κ3) is 3.22. The highest BCUT2D eigenvalue weighted by molar-refractivity contribution is 6.07. The van der Waals surface area contributed by atoms with Gasteiger partial charge in [0.25, 0.3) is 5.91 Å². The average Bonchev–Trinajstić information content (AvgIpc) is 3.22. The fraction of sp³-hybridized carbons (Fsp3) is 0.500. The Bertz CT molecular complexity index is 781. The summed E-state index contributed by atoms with van der Waals surface area (Å²) in [5.41, 5.74) is 1.93. The van der Waals surface area contributed by atoms with Crippen LogP contribution in [0.2, 0.25) is 0 Å². The van der Waals surface area contributed by atoms with Crippen molar-refractivity contribution in [3.8, 4) is 0 Å². The average molecular weight is 370 g/mol. The molecule has 1 aliphatic carbocycles. The molecule has 1 aromatic rings. The number of para-hydroxylation sites is 1. The van der Waals surface area contributed by atoms with Gasteiger partial charge in [-0.25, -0.2) is 0 Å². The first-order chi connectivity index (χ1) is 13.1. The number of likely N-dealkylation sites (tertiary alicyclic amines) is 1. The lowest BCUT2D eigenvalue weighted by atomic mass is 9.81. The molecule has 0 spiro atoms. The van der Waals surface area contributed by atoms with E-state index in [1.165, 1.54) is 0 Å². The lowest BCUT2D eigenvalue weighted by Gasteiger charge is -2.19. The maximum atomic E-state index is 12.4. The molecule has 142 valence electrons. The van der Waals surface area contributed by atoms with E-state index in [4.69, 9.17) is 4.74 Å². The van der Waals surface area contributed by atoms with E-state index < -0.39 is 19.1 Å². The molecule has 3 aliphatic rings. The Hall–Kier alpha value is -2.70. The number of hydrogen-bond donors (Lipinski definition) is 0. The molecule has 27 heavy (non-hydrogen) atoms. The number of carbonyl (C=O) groups excluding carboxylic acids is 4. The molecule has 3 amide bonds. The van der Waals surface area contributed by atoms with E-state index >= 15 is 0 Å². The van der Waals surface area contributed by atoms with Crippen LogP contribution in [0.15, 0.2) is 24.3 Å². The molecule has 0 bridgehead atoms. The van der Waals surface area contributed by atoms with Crippen molar-refractivity contribution in [2.24, 2.45) is 11.8 Å². The molecular formula is C20H22N2O5. The zero-order valence-electron chi connectivity index (χ0n) is 15.1. The van der Waals surface area contributed by atoms with Gasteiger partial charge in [-0.2, -0.15) is 0 Å². The number of hydrogen-bond acceptors (Lipinski definition) is 5. The Morgan fingerprint density at radius 2 is 1.70 bits per heavy atom. The maximum Gasteiger partial charge on any atom is 0.326 e. The van der Waals surface area contributed by atoms with Crippen molar-refractivity contribution < 1.29 is 23.9 Å². The summed E-state index contributed by atoms with van der Waals surface area (Å²) in [5.74, 6) is -2.16. The summed E-state index contributed by atoms with van der Waals surface area (Å²) in [6.07, 6.45) is 4.05. The number of benzene rings is 1. The lowest BCUT2D eigenvalue weighted by molar-refractivity contribution is -0.154. The van der Waals surface area contributed by atoms with Crippen LogP contribution in [0.3, 0.4) is 0 Å². The summed E-state index contributed by atoms with van der Waals surface area (Å²) in [6.45, 7) is -0.243. The lowest BCUT2D eigenvalue weighted by Crippen LogP contribution is -2.38. The van der Waals surface area contributed by atoms with Crippen molar-refractivity contribution in [2.45, 2.75) is 32.1 Å². The highest BCUT2D eigenvalue weighted by Crippen LogP contribution is 2.37. The van der Waals surface area contributed by atoms with Crippen LogP contribution in [0.5, 0.6) is 0 Å². The van der Waals surface area contributed by atoms with Crippen LogP contribution in [0, 0.1) is 11.8 Å². The zero-order valence-corrected chi connectivity index (χ0v) is 15.1. The monoisotopic (exact) mass is 370 g/mol. The minimum Gasteiger partial charge on any atom is -0.454 e. The smallest absolute Gasteiger partial charge is 0.326 e. The molecule has 7 nitrogen and oxygen atoms in total. The molecule has 4 rings (SSSR count). The van der Waals surface area contributed by atoms with Crippen LogP contribution in [0.1, 0.15) is 31.2 Å². The molecule has 1 aromatic carbocycles. The van der Waals surface area contributed by atoms with Gasteiger partial charge in [0.15, 0.2) is 6.61 Å². The maximum absolute atomic E-state index is 12.4. The van der Waals surface area contributed by atoms with Gasteiger partial charge in [0.05, 0.1) is 11.8 Å². The highest BCUT2D eigenvalue weighted by Gasteiger charge is 2.48. The third-order valence-corrected chi connectivity index (χ3v) is 5.76. The molecule has 0 unspecified atom stereocenters. The quantitative estimate of drug-likeness (QED) is 0.589. The zero-order chi connectivity index (χ0) is 19.0. The normalized spacial score (nSPS) is 24.0. The van der Waals surface area contributed by atoms with Gasteiger partial charge in [-0.05, 0) is 30.9 Å². The molecule has 0 N–H and O–H groups in total. The van der Waals surface area contributed by atoms with E-state index in [2.05, 4.69) is 0 Å². The van der Waals surface area contributed by atoms with Gasteiger partial charge in [0.1, 0.15) is 6.54 Å². The number of rotatable bonds is 4. The number of fused-ring (bicyclic) bond motifs is 2. The minimum atomic E-state index is -0.726. The largest absolute Gasteiger partial charge is 0.454 e. The minimum absolute atomic E-state index is 0.276. The number of nitrogens with zero attached hydrogens (tertiary/aromatic N) is 2. The van der Waals surface area contributed by atoms with Gasteiger partial charge in [-0.1, -0.05) is 31.0 Å². The van der Waals surface area contributed by atoms with Gasteiger partial charge < -0.3 is 9.64 Å². The van der Waals surface area contributed by atoms with E-state index in [9.17, 15) is 19.2 Å². The molecule has 1 saturated carbocycles. The number of ether oxygens (including phenoxy) is 1. The van der Waals surface area contributed by atoms with Crippen molar-refractivity contribution in [3.05, 3.63) is 29.8 Å².